The highest BCUT2D eigenvalue weighted by Gasteiger charge is 2.30. The van der Waals surface area contributed by atoms with E-state index in [4.69, 9.17) is 5.26 Å². The summed E-state index contributed by atoms with van der Waals surface area (Å²) in [5.74, 6) is 0.780. The second kappa shape index (κ2) is 6.02. The minimum Gasteiger partial charge on any atom is -0.354 e. The van der Waals surface area contributed by atoms with E-state index >= 15 is 0 Å². The van der Waals surface area contributed by atoms with Gasteiger partial charge >= 0.3 is 0 Å². The number of hydrogen-bond acceptors (Lipinski definition) is 6. The van der Waals surface area contributed by atoms with E-state index in [2.05, 4.69) is 25.1 Å². The first kappa shape index (κ1) is 15.3. The highest BCUT2D eigenvalue weighted by Crippen LogP contribution is 2.32. The number of nitrogens with zero attached hydrogens (tertiary/aromatic N) is 6. The summed E-state index contributed by atoms with van der Waals surface area (Å²) in [6.45, 7) is 1.51. The molecule has 4 heterocycles. The van der Waals surface area contributed by atoms with Crippen LogP contribution in [0.5, 0.6) is 0 Å². The lowest BCUT2D eigenvalue weighted by molar-refractivity contribution is -0.130. The minimum absolute atomic E-state index is 0.0829. The van der Waals surface area contributed by atoms with E-state index in [1.54, 1.807) is 30.5 Å². The Morgan fingerprint density at radius 3 is 3.20 bits per heavy atom. The van der Waals surface area contributed by atoms with Gasteiger partial charge in [-0.25, -0.2) is 9.97 Å². The van der Waals surface area contributed by atoms with Crippen molar-refractivity contribution >= 4 is 33.5 Å². The predicted octanol–water partition coefficient (Wildman–Crippen LogP) is 1.46. The number of aromatic amines is 1. The molecule has 0 spiro atoms. The molecule has 1 aliphatic rings. The van der Waals surface area contributed by atoms with Crippen molar-refractivity contribution < 1.29 is 4.79 Å². The van der Waals surface area contributed by atoms with Gasteiger partial charge in [0, 0.05) is 48.7 Å². The summed E-state index contributed by atoms with van der Waals surface area (Å²) in [7, 11) is 1.77. The Morgan fingerprint density at radius 1 is 1.48 bits per heavy atom. The smallest absolute Gasteiger partial charge is 0.236 e. The van der Waals surface area contributed by atoms with Crippen molar-refractivity contribution in [1.82, 2.24) is 25.1 Å². The van der Waals surface area contributed by atoms with Crippen molar-refractivity contribution in [3.63, 3.8) is 0 Å². The summed E-state index contributed by atoms with van der Waals surface area (Å²) < 4.78 is 0. The molecule has 3 aromatic heterocycles. The molecule has 0 saturated carbocycles. The van der Waals surface area contributed by atoms with Crippen LogP contribution in [0.2, 0.25) is 0 Å². The maximum atomic E-state index is 12.0. The van der Waals surface area contributed by atoms with Crippen LogP contribution in [0, 0.1) is 11.3 Å². The molecular formula is C17H17N7O. The molecular weight excluding hydrogens is 318 g/mol. The standard InChI is InChI=1S/C17H17N7O/c1-23(14(25)2-5-18)12-4-7-24(10-12)17-15-11(9-21-22-17)8-20-16-13(15)3-6-19-16/h3,6,8-9,12,22H,2,4,7,10H2,1H3. The molecule has 1 amide bonds. The molecule has 8 nitrogen and oxygen atoms in total. The molecule has 0 aliphatic carbocycles. The van der Waals surface area contributed by atoms with Gasteiger partial charge < -0.3 is 9.80 Å². The lowest BCUT2D eigenvalue weighted by Crippen LogP contribution is -2.38. The maximum Gasteiger partial charge on any atom is 0.236 e. The molecule has 25 heavy (non-hydrogen) atoms. The molecule has 0 bridgehead atoms. The molecule has 3 aromatic rings. The van der Waals surface area contributed by atoms with E-state index in [1.807, 2.05) is 12.1 Å². The van der Waals surface area contributed by atoms with E-state index in [0.29, 0.717) is 12.2 Å². The number of nitriles is 1. The van der Waals surface area contributed by atoms with E-state index in [1.165, 1.54) is 0 Å². The van der Waals surface area contributed by atoms with Gasteiger partial charge in [0.25, 0.3) is 0 Å². The van der Waals surface area contributed by atoms with Gasteiger partial charge in [-0.1, -0.05) is 0 Å². The number of amides is 1. The Hall–Kier alpha value is -3.21. The van der Waals surface area contributed by atoms with Crippen LogP contribution in [0.15, 0.2) is 24.7 Å². The Balaban J connectivity index is 1.68. The molecule has 8 heteroatoms. The first-order chi connectivity index (χ1) is 12.2. The van der Waals surface area contributed by atoms with Gasteiger partial charge in [-0.2, -0.15) is 10.4 Å². The summed E-state index contributed by atoms with van der Waals surface area (Å²) in [6, 6.07) is 3.96. The molecule has 4 rings (SSSR count). The summed E-state index contributed by atoms with van der Waals surface area (Å²) in [5.41, 5.74) is 0.713. The third-order valence-electron chi connectivity index (χ3n) is 4.82. The number of aromatic nitrogens is 4. The molecule has 1 saturated heterocycles. The Morgan fingerprint density at radius 2 is 2.36 bits per heavy atom. The van der Waals surface area contributed by atoms with Gasteiger partial charge in [0.1, 0.15) is 12.2 Å². The molecule has 1 atom stereocenters. The highest BCUT2D eigenvalue weighted by molar-refractivity contribution is 6.10. The van der Waals surface area contributed by atoms with Gasteiger partial charge in [0.15, 0.2) is 5.65 Å². The fraction of sp³-hybridized carbons (Fsp3) is 0.353. The summed E-state index contributed by atoms with van der Waals surface area (Å²) >= 11 is 0. The predicted molar refractivity (Wildman–Crippen MR) is 92.8 cm³/mol. The van der Waals surface area contributed by atoms with Crippen molar-refractivity contribution in [2.75, 3.05) is 25.0 Å². The van der Waals surface area contributed by atoms with Crippen molar-refractivity contribution in [3.8, 4) is 6.07 Å². The van der Waals surface area contributed by atoms with E-state index in [9.17, 15) is 4.79 Å². The summed E-state index contributed by atoms with van der Waals surface area (Å²) in [4.78, 5) is 24.5. The maximum absolute atomic E-state index is 12.0. The second-order valence-electron chi connectivity index (χ2n) is 6.22. The third kappa shape index (κ3) is 2.54. The molecule has 126 valence electrons. The fourth-order valence-electron chi connectivity index (χ4n) is 3.44. The highest BCUT2D eigenvalue weighted by atomic mass is 16.2. The van der Waals surface area contributed by atoms with Crippen molar-refractivity contribution in [2.24, 2.45) is 0 Å². The third-order valence-corrected chi connectivity index (χ3v) is 4.82. The number of rotatable bonds is 3. The molecule has 1 N–H and O–H groups in total. The fourth-order valence-corrected chi connectivity index (χ4v) is 3.44. The van der Waals surface area contributed by atoms with Crippen LogP contribution in [0.25, 0.3) is 21.8 Å². The molecule has 0 radical (unpaired) electrons. The average molecular weight is 335 g/mol. The average Bonchev–Trinajstić information content (AvgIpc) is 3.30. The van der Waals surface area contributed by atoms with E-state index in [-0.39, 0.29) is 18.4 Å². The van der Waals surface area contributed by atoms with Crippen LogP contribution in [0.3, 0.4) is 0 Å². The van der Waals surface area contributed by atoms with Gasteiger partial charge in [0.05, 0.1) is 18.3 Å². The normalized spacial score (nSPS) is 17.1. The Labute approximate surface area is 144 Å². The molecule has 1 fully saturated rings. The second-order valence-corrected chi connectivity index (χ2v) is 6.22. The number of likely N-dealkylation sites (N-methyl/N-ethyl adjacent to an activating group) is 1. The minimum atomic E-state index is -0.138. The first-order valence-electron chi connectivity index (χ1n) is 8.13. The van der Waals surface area contributed by atoms with Gasteiger partial charge in [-0.3, -0.25) is 9.89 Å². The summed E-state index contributed by atoms with van der Waals surface area (Å²) in [6.07, 6.45) is 6.06. The number of nitrogens with one attached hydrogen (secondary N) is 1. The van der Waals surface area contributed by atoms with Crippen LogP contribution < -0.4 is 4.90 Å². The van der Waals surface area contributed by atoms with Gasteiger partial charge in [0.2, 0.25) is 5.91 Å². The lowest BCUT2D eigenvalue weighted by atomic mass is 10.1. The first-order valence-corrected chi connectivity index (χ1v) is 8.13. The van der Waals surface area contributed by atoms with Gasteiger partial charge in [-0.05, 0) is 12.5 Å². The van der Waals surface area contributed by atoms with Crippen molar-refractivity contribution in [3.05, 3.63) is 24.7 Å². The van der Waals surface area contributed by atoms with E-state index < -0.39 is 0 Å². The monoisotopic (exact) mass is 335 g/mol. The van der Waals surface area contributed by atoms with Crippen LogP contribution in [0.4, 0.5) is 5.82 Å². The molecule has 0 aromatic carbocycles. The van der Waals surface area contributed by atoms with Crippen LogP contribution in [-0.4, -0.2) is 57.2 Å². The van der Waals surface area contributed by atoms with E-state index in [0.717, 1.165) is 34.9 Å². The number of anilines is 1. The van der Waals surface area contributed by atoms with Crippen LogP contribution in [-0.2, 0) is 4.79 Å². The molecule has 1 unspecified atom stereocenters. The molecule has 1 aliphatic heterocycles. The largest absolute Gasteiger partial charge is 0.354 e. The lowest BCUT2D eigenvalue weighted by Gasteiger charge is -2.25. The Bertz CT molecular complexity index is 989. The topological polar surface area (TPSA) is 102 Å². The number of carbonyl (C=O) groups excluding carboxylic acids is 1. The zero-order valence-electron chi connectivity index (χ0n) is 13.8. The summed E-state index contributed by atoms with van der Waals surface area (Å²) in [5, 5.41) is 19.1. The van der Waals surface area contributed by atoms with Crippen molar-refractivity contribution in [1.29, 1.82) is 5.26 Å². The quantitative estimate of drug-likeness (QED) is 0.777. The number of pyridine rings is 1. The van der Waals surface area contributed by atoms with Crippen LogP contribution >= 0.6 is 0 Å². The number of fused-ring (bicyclic) bond motifs is 3. The number of carbonyl (C=O) groups is 1. The number of hydrogen-bond donors (Lipinski definition) is 1. The van der Waals surface area contributed by atoms with Crippen molar-refractivity contribution in [2.45, 2.75) is 18.9 Å². The zero-order valence-corrected chi connectivity index (χ0v) is 13.8. The number of H-pyrrole nitrogens is 1. The Kier molecular flexibility index (Phi) is 3.69. The zero-order chi connectivity index (χ0) is 17.4. The SMILES string of the molecule is CN(C(=O)CC#N)C1CCN(c2[nH]ncc3cnc4nccc4c23)C1. The van der Waals surface area contributed by atoms with Gasteiger partial charge in [-0.15, -0.1) is 0 Å². The van der Waals surface area contributed by atoms with Crippen LogP contribution in [0.1, 0.15) is 12.8 Å².